The van der Waals surface area contributed by atoms with Gasteiger partial charge in [-0.25, -0.2) is 13.4 Å². The van der Waals surface area contributed by atoms with Crippen LogP contribution in [0.3, 0.4) is 0 Å². The Labute approximate surface area is 80.8 Å². The number of allylic oxidation sites excluding steroid dienone is 1. The SMILES string of the molecule is C=C/C(=N\C(Cl)=C/C)S(=O)(=O)Cl. The predicted molar refractivity (Wildman–Crippen MR) is 52.0 cm³/mol. The number of rotatable bonds is 2. The molecule has 0 aliphatic heterocycles. The van der Waals surface area contributed by atoms with E-state index < -0.39 is 9.05 Å². The first-order chi connectivity index (χ1) is 5.41. The van der Waals surface area contributed by atoms with Crippen LogP contribution in [0.15, 0.2) is 28.9 Å². The highest BCUT2D eigenvalue weighted by molar-refractivity contribution is 8.26. The van der Waals surface area contributed by atoms with Gasteiger partial charge in [-0.1, -0.05) is 24.3 Å². The molecule has 0 spiro atoms. The lowest BCUT2D eigenvalue weighted by atomic mass is 10.6. The molecule has 0 aliphatic rings. The van der Waals surface area contributed by atoms with Gasteiger partial charge in [-0.15, -0.1) is 0 Å². The number of hydrogen-bond acceptors (Lipinski definition) is 3. The van der Waals surface area contributed by atoms with E-state index in [0.29, 0.717) is 0 Å². The van der Waals surface area contributed by atoms with Gasteiger partial charge in [-0.2, -0.15) is 0 Å². The van der Waals surface area contributed by atoms with Gasteiger partial charge in [-0.05, 0) is 13.0 Å². The fraction of sp³-hybridized carbons (Fsp3) is 0.167. The van der Waals surface area contributed by atoms with E-state index in [-0.39, 0.29) is 10.2 Å². The minimum absolute atomic E-state index is 0.0501. The highest BCUT2D eigenvalue weighted by Gasteiger charge is 2.11. The summed E-state index contributed by atoms with van der Waals surface area (Å²) in [6, 6.07) is 0. The molecule has 12 heavy (non-hydrogen) atoms. The second-order valence-electron chi connectivity index (χ2n) is 1.70. The molecule has 68 valence electrons. The summed E-state index contributed by atoms with van der Waals surface area (Å²) >= 11 is 5.45. The molecule has 0 saturated carbocycles. The Kier molecular flexibility index (Phi) is 4.52. The Balaban J connectivity index is 5.08. The third kappa shape index (κ3) is 3.90. The van der Waals surface area contributed by atoms with Crippen LogP contribution in [0.1, 0.15) is 6.92 Å². The van der Waals surface area contributed by atoms with Crippen molar-refractivity contribution in [1.82, 2.24) is 0 Å². The minimum atomic E-state index is -3.84. The number of halogens is 2. The van der Waals surface area contributed by atoms with Gasteiger partial charge in [0, 0.05) is 10.7 Å². The molecule has 3 nitrogen and oxygen atoms in total. The van der Waals surface area contributed by atoms with Crippen LogP contribution < -0.4 is 0 Å². The monoisotopic (exact) mass is 227 g/mol. The van der Waals surface area contributed by atoms with E-state index in [1.807, 2.05) is 0 Å². The van der Waals surface area contributed by atoms with Crippen molar-refractivity contribution in [3.63, 3.8) is 0 Å². The average Bonchev–Trinajstić information content (AvgIpc) is 1.97. The molecule has 0 saturated heterocycles. The molecule has 0 heterocycles. The highest BCUT2D eigenvalue weighted by atomic mass is 35.7. The van der Waals surface area contributed by atoms with E-state index in [9.17, 15) is 8.42 Å². The summed E-state index contributed by atoms with van der Waals surface area (Å²) in [5.41, 5.74) is 0. The molecule has 0 unspecified atom stereocenters. The lowest BCUT2D eigenvalue weighted by molar-refractivity contribution is 0.619. The van der Waals surface area contributed by atoms with E-state index in [2.05, 4.69) is 11.6 Å². The maximum atomic E-state index is 10.7. The fourth-order valence-electron chi connectivity index (χ4n) is 0.370. The van der Waals surface area contributed by atoms with Gasteiger partial charge in [0.15, 0.2) is 5.04 Å². The van der Waals surface area contributed by atoms with Gasteiger partial charge in [-0.3, -0.25) is 0 Å². The molecule has 0 aromatic rings. The zero-order valence-electron chi connectivity index (χ0n) is 6.29. The van der Waals surface area contributed by atoms with E-state index >= 15 is 0 Å². The van der Waals surface area contributed by atoms with E-state index in [0.717, 1.165) is 6.08 Å². The molecule has 0 aromatic heterocycles. The largest absolute Gasteiger partial charge is 0.278 e. The molecule has 6 heteroatoms. The third-order valence-corrected chi connectivity index (χ3v) is 2.41. The molecule has 0 aliphatic carbocycles. The van der Waals surface area contributed by atoms with Gasteiger partial charge < -0.3 is 0 Å². The first-order valence-corrected chi connectivity index (χ1v) is 5.58. The number of hydrogen-bond donors (Lipinski definition) is 0. The summed E-state index contributed by atoms with van der Waals surface area (Å²) in [4.78, 5) is 3.49. The number of aliphatic imine (C=N–C) groups is 1. The molecule has 0 rings (SSSR count). The maximum Gasteiger partial charge on any atom is 0.278 e. The van der Waals surface area contributed by atoms with Crippen molar-refractivity contribution in [3.8, 4) is 0 Å². The van der Waals surface area contributed by atoms with Crippen molar-refractivity contribution in [2.24, 2.45) is 4.99 Å². The van der Waals surface area contributed by atoms with Crippen LogP contribution in [0.5, 0.6) is 0 Å². The van der Waals surface area contributed by atoms with Crippen LogP contribution >= 0.6 is 22.3 Å². The van der Waals surface area contributed by atoms with E-state index in [4.69, 9.17) is 22.3 Å². The quantitative estimate of drug-likeness (QED) is 0.315. The van der Waals surface area contributed by atoms with Crippen LogP contribution in [0.4, 0.5) is 0 Å². The van der Waals surface area contributed by atoms with Gasteiger partial charge in [0.25, 0.3) is 9.05 Å². The topological polar surface area (TPSA) is 46.5 Å². The third-order valence-electron chi connectivity index (χ3n) is 0.880. The molecule has 0 N–H and O–H groups in total. The first-order valence-electron chi connectivity index (χ1n) is 2.89. The smallest absolute Gasteiger partial charge is 0.224 e. The summed E-state index contributed by atoms with van der Waals surface area (Å²) in [6.45, 7) is 4.85. The van der Waals surface area contributed by atoms with Crippen LogP contribution in [0.2, 0.25) is 0 Å². The first kappa shape index (κ1) is 11.7. The molecule has 0 bridgehead atoms. The zero-order valence-corrected chi connectivity index (χ0v) is 8.62. The van der Waals surface area contributed by atoms with Crippen molar-refractivity contribution in [3.05, 3.63) is 23.9 Å². The van der Waals surface area contributed by atoms with Crippen LogP contribution in [-0.2, 0) is 9.05 Å². The standard InChI is InChI=1S/C6H7Cl2NO2S/c1-3-5(7)9-6(4-2)12(8,10)11/h3-4H,2H2,1H3/b5-3-,9-6+. The normalized spacial score (nSPS) is 14.6. The summed E-state index contributed by atoms with van der Waals surface area (Å²) < 4.78 is 21.4. The lowest BCUT2D eigenvalue weighted by Gasteiger charge is -1.93. The Hall–Kier alpha value is -0.320. The van der Waals surface area contributed by atoms with Gasteiger partial charge in [0.05, 0.1) is 0 Å². The summed E-state index contributed by atoms with van der Waals surface area (Å²) in [5.74, 6) is 0. The summed E-state index contributed by atoms with van der Waals surface area (Å²) in [5, 5.41) is -0.304. The van der Waals surface area contributed by atoms with Crippen LogP contribution in [0.25, 0.3) is 0 Å². The maximum absolute atomic E-state index is 10.7. The predicted octanol–water partition coefficient (Wildman–Crippen LogP) is 2.24. The fourth-order valence-corrected chi connectivity index (χ4v) is 1.21. The molecule has 0 aromatic carbocycles. The van der Waals surface area contributed by atoms with Gasteiger partial charge >= 0.3 is 0 Å². The Morgan fingerprint density at radius 1 is 1.58 bits per heavy atom. The Bertz CT molecular complexity index is 329. The Morgan fingerprint density at radius 3 is 2.33 bits per heavy atom. The minimum Gasteiger partial charge on any atom is -0.224 e. The van der Waals surface area contributed by atoms with Gasteiger partial charge in [0.1, 0.15) is 5.16 Å². The molecule has 0 amide bonds. The second-order valence-corrected chi connectivity index (χ2v) is 4.60. The Morgan fingerprint density at radius 2 is 2.08 bits per heavy atom. The van der Waals surface area contributed by atoms with Crippen LogP contribution in [-0.4, -0.2) is 13.5 Å². The van der Waals surface area contributed by atoms with Crippen molar-refractivity contribution in [2.75, 3.05) is 0 Å². The molecule has 0 atom stereocenters. The second kappa shape index (κ2) is 4.64. The molecular formula is C6H7Cl2NO2S. The molecular weight excluding hydrogens is 221 g/mol. The van der Waals surface area contributed by atoms with Crippen LogP contribution in [0, 0.1) is 0 Å². The van der Waals surface area contributed by atoms with Gasteiger partial charge in [0.2, 0.25) is 0 Å². The summed E-state index contributed by atoms with van der Waals surface area (Å²) in [6.07, 6.45) is 2.46. The number of nitrogens with zero attached hydrogens (tertiary/aromatic N) is 1. The van der Waals surface area contributed by atoms with Crippen molar-refractivity contribution >= 4 is 36.4 Å². The van der Waals surface area contributed by atoms with Crippen molar-refractivity contribution in [2.45, 2.75) is 6.92 Å². The highest BCUT2D eigenvalue weighted by Crippen LogP contribution is 2.09. The van der Waals surface area contributed by atoms with Crippen molar-refractivity contribution < 1.29 is 8.42 Å². The zero-order chi connectivity index (χ0) is 9.78. The molecule has 0 radical (unpaired) electrons. The van der Waals surface area contributed by atoms with E-state index in [1.54, 1.807) is 6.92 Å². The summed E-state index contributed by atoms with van der Waals surface area (Å²) in [7, 11) is 1.14. The van der Waals surface area contributed by atoms with E-state index in [1.165, 1.54) is 6.08 Å². The molecule has 0 fully saturated rings. The average molecular weight is 228 g/mol. The lowest BCUT2D eigenvalue weighted by Crippen LogP contribution is -2.03. The van der Waals surface area contributed by atoms with Crippen molar-refractivity contribution in [1.29, 1.82) is 0 Å².